The van der Waals surface area contributed by atoms with Crippen molar-refractivity contribution in [1.82, 2.24) is 14.9 Å². The average molecular weight is 279 g/mol. The van der Waals surface area contributed by atoms with Crippen molar-refractivity contribution in [2.45, 2.75) is 45.5 Å². The Bertz CT molecular complexity index is 445. The van der Waals surface area contributed by atoms with Gasteiger partial charge in [-0.2, -0.15) is 0 Å². The van der Waals surface area contributed by atoms with Gasteiger partial charge in [-0.15, -0.1) is 0 Å². The number of hydrogen-bond donors (Lipinski definition) is 0. The minimum Gasteiger partial charge on any atom is -0.444 e. The summed E-state index contributed by atoms with van der Waals surface area (Å²) in [6.07, 6.45) is 5.52. The van der Waals surface area contributed by atoms with Crippen LogP contribution in [-0.2, 0) is 16.1 Å². The number of ether oxygens (including phenoxy) is 2. The molecule has 1 aromatic heterocycles. The second-order valence-corrected chi connectivity index (χ2v) is 5.84. The van der Waals surface area contributed by atoms with E-state index in [1.54, 1.807) is 23.5 Å². The number of carbonyl (C=O) groups excluding carboxylic acids is 1. The Kier molecular flexibility index (Phi) is 4.54. The van der Waals surface area contributed by atoms with Gasteiger partial charge in [-0.25, -0.2) is 4.79 Å². The summed E-state index contributed by atoms with van der Waals surface area (Å²) in [5, 5.41) is 0. The van der Waals surface area contributed by atoms with Crippen LogP contribution in [0.25, 0.3) is 0 Å². The van der Waals surface area contributed by atoms with Crippen LogP contribution in [0.1, 0.15) is 32.9 Å². The molecule has 2 rings (SSSR count). The molecule has 0 radical (unpaired) electrons. The Morgan fingerprint density at radius 3 is 2.90 bits per heavy atom. The number of carbonyl (C=O) groups is 1. The summed E-state index contributed by atoms with van der Waals surface area (Å²) in [6, 6.07) is 0. The van der Waals surface area contributed by atoms with E-state index in [4.69, 9.17) is 9.47 Å². The van der Waals surface area contributed by atoms with Crippen LogP contribution >= 0.6 is 0 Å². The molecule has 0 aliphatic carbocycles. The smallest absolute Gasteiger partial charge is 0.410 e. The summed E-state index contributed by atoms with van der Waals surface area (Å²) in [4.78, 5) is 21.7. The van der Waals surface area contributed by atoms with E-state index in [0.29, 0.717) is 19.7 Å². The van der Waals surface area contributed by atoms with E-state index in [1.165, 1.54) is 0 Å². The van der Waals surface area contributed by atoms with Gasteiger partial charge in [-0.3, -0.25) is 9.97 Å². The number of hydrogen-bond acceptors (Lipinski definition) is 5. The molecular formula is C14H21N3O3. The Morgan fingerprint density at radius 1 is 1.45 bits per heavy atom. The van der Waals surface area contributed by atoms with E-state index in [2.05, 4.69) is 9.97 Å². The van der Waals surface area contributed by atoms with E-state index in [9.17, 15) is 4.79 Å². The summed E-state index contributed by atoms with van der Waals surface area (Å²) in [5.74, 6) is 0. The van der Waals surface area contributed by atoms with Crippen molar-refractivity contribution in [3.63, 3.8) is 0 Å². The van der Waals surface area contributed by atoms with E-state index >= 15 is 0 Å². The van der Waals surface area contributed by atoms with Crippen LogP contribution in [0, 0.1) is 0 Å². The molecule has 110 valence electrons. The quantitative estimate of drug-likeness (QED) is 0.846. The molecule has 1 aliphatic rings. The lowest BCUT2D eigenvalue weighted by Crippen LogP contribution is -2.36. The predicted octanol–water partition coefficient (Wildman–Crippen LogP) is 2.00. The van der Waals surface area contributed by atoms with Crippen LogP contribution in [0.5, 0.6) is 0 Å². The zero-order chi connectivity index (χ0) is 14.6. The molecule has 1 aliphatic heterocycles. The van der Waals surface area contributed by atoms with Crippen LogP contribution in [0.2, 0.25) is 0 Å². The zero-order valence-electron chi connectivity index (χ0n) is 12.2. The van der Waals surface area contributed by atoms with Gasteiger partial charge < -0.3 is 14.4 Å². The SMILES string of the molecule is CC(C)(C)OC(=O)N1CCC(OCc2cnccn2)C1. The zero-order valence-corrected chi connectivity index (χ0v) is 12.2. The van der Waals surface area contributed by atoms with Crippen LogP contribution in [0.4, 0.5) is 4.79 Å². The third kappa shape index (κ3) is 4.45. The van der Waals surface area contributed by atoms with Gasteiger partial charge >= 0.3 is 6.09 Å². The summed E-state index contributed by atoms with van der Waals surface area (Å²) in [5.41, 5.74) is 0.332. The third-order valence-corrected chi connectivity index (χ3v) is 2.88. The maximum Gasteiger partial charge on any atom is 0.410 e. The van der Waals surface area contributed by atoms with Crippen molar-refractivity contribution in [1.29, 1.82) is 0 Å². The molecule has 2 heterocycles. The Balaban J connectivity index is 1.76. The number of aromatic nitrogens is 2. The highest BCUT2D eigenvalue weighted by atomic mass is 16.6. The van der Waals surface area contributed by atoms with E-state index < -0.39 is 5.60 Å². The molecule has 1 saturated heterocycles. The minimum absolute atomic E-state index is 0.0320. The first kappa shape index (κ1) is 14.7. The van der Waals surface area contributed by atoms with Crippen LogP contribution in [-0.4, -0.2) is 45.8 Å². The topological polar surface area (TPSA) is 64.5 Å². The molecule has 6 heteroatoms. The molecule has 1 atom stereocenters. The molecule has 0 bridgehead atoms. The van der Waals surface area contributed by atoms with Gasteiger partial charge in [0.1, 0.15) is 5.60 Å². The number of amides is 1. The second-order valence-electron chi connectivity index (χ2n) is 5.84. The van der Waals surface area contributed by atoms with Crippen molar-refractivity contribution in [2.75, 3.05) is 13.1 Å². The highest BCUT2D eigenvalue weighted by Gasteiger charge is 2.30. The molecule has 0 N–H and O–H groups in total. The third-order valence-electron chi connectivity index (χ3n) is 2.88. The molecular weight excluding hydrogens is 258 g/mol. The fourth-order valence-electron chi connectivity index (χ4n) is 1.96. The standard InChI is InChI=1S/C14H21N3O3/c1-14(2,3)20-13(18)17-7-4-12(9-17)19-10-11-8-15-5-6-16-11/h5-6,8,12H,4,7,9-10H2,1-3H3. The Labute approximate surface area is 119 Å². The normalized spacial score (nSPS) is 19.1. The summed E-state index contributed by atoms with van der Waals surface area (Å²) in [6.45, 7) is 7.24. The number of rotatable bonds is 3. The van der Waals surface area contributed by atoms with Crippen molar-refractivity contribution in [3.05, 3.63) is 24.3 Å². The number of likely N-dealkylation sites (tertiary alicyclic amines) is 1. The summed E-state index contributed by atoms with van der Waals surface area (Å²) in [7, 11) is 0. The molecule has 0 spiro atoms. The van der Waals surface area contributed by atoms with Crippen molar-refractivity contribution < 1.29 is 14.3 Å². The van der Waals surface area contributed by atoms with Gasteiger partial charge in [-0.05, 0) is 27.2 Å². The summed E-state index contributed by atoms with van der Waals surface area (Å²) >= 11 is 0. The second kappa shape index (κ2) is 6.17. The van der Waals surface area contributed by atoms with Gasteiger partial charge in [-0.1, -0.05) is 0 Å². The van der Waals surface area contributed by atoms with E-state index in [0.717, 1.165) is 12.1 Å². The first-order chi connectivity index (χ1) is 9.44. The molecule has 1 unspecified atom stereocenters. The monoisotopic (exact) mass is 279 g/mol. The molecule has 1 fully saturated rings. The molecule has 0 aromatic carbocycles. The maximum absolute atomic E-state index is 11.9. The average Bonchev–Trinajstić information content (AvgIpc) is 2.84. The molecule has 1 amide bonds. The highest BCUT2D eigenvalue weighted by molar-refractivity contribution is 5.68. The molecule has 20 heavy (non-hydrogen) atoms. The van der Waals surface area contributed by atoms with Gasteiger partial charge in [0.2, 0.25) is 0 Å². The molecule has 6 nitrogen and oxygen atoms in total. The van der Waals surface area contributed by atoms with Gasteiger partial charge in [0.05, 0.1) is 31.1 Å². The molecule has 0 saturated carbocycles. The lowest BCUT2D eigenvalue weighted by Gasteiger charge is -2.24. The van der Waals surface area contributed by atoms with Crippen molar-refractivity contribution in [2.24, 2.45) is 0 Å². The van der Waals surface area contributed by atoms with E-state index in [1.807, 2.05) is 20.8 Å². The Hall–Kier alpha value is -1.69. The summed E-state index contributed by atoms with van der Waals surface area (Å²) < 4.78 is 11.1. The Morgan fingerprint density at radius 2 is 2.25 bits per heavy atom. The lowest BCUT2D eigenvalue weighted by atomic mass is 10.2. The van der Waals surface area contributed by atoms with Gasteiger partial charge in [0, 0.05) is 18.9 Å². The molecule has 1 aromatic rings. The predicted molar refractivity (Wildman–Crippen MR) is 73.0 cm³/mol. The van der Waals surface area contributed by atoms with Crippen LogP contribution in [0.15, 0.2) is 18.6 Å². The van der Waals surface area contributed by atoms with E-state index in [-0.39, 0.29) is 12.2 Å². The van der Waals surface area contributed by atoms with Gasteiger partial charge in [0.15, 0.2) is 0 Å². The van der Waals surface area contributed by atoms with Crippen molar-refractivity contribution in [3.8, 4) is 0 Å². The van der Waals surface area contributed by atoms with Crippen LogP contribution in [0.3, 0.4) is 0 Å². The first-order valence-electron chi connectivity index (χ1n) is 6.78. The largest absolute Gasteiger partial charge is 0.444 e. The van der Waals surface area contributed by atoms with Crippen LogP contribution < -0.4 is 0 Å². The van der Waals surface area contributed by atoms with Gasteiger partial charge in [0.25, 0.3) is 0 Å². The fourth-order valence-corrected chi connectivity index (χ4v) is 1.96. The number of nitrogens with zero attached hydrogens (tertiary/aromatic N) is 3. The fraction of sp³-hybridized carbons (Fsp3) is 0.643. The van der Waals surface area contributed by atoms with Crippen molar-refractivity contribution >= 4 is 6.09 Å². The lowest BCUT2D eigenvalue weighted by molar-refractivity contribution is 0.0179. The minimum atomic E-state index is -0.463. The highest BCUT2D eigenvalue weighted by Crippen LogP contribution is 2.17. The first-order valence-corrected chi connectivity index (χ1v) is 6.78. The maximum atomic E-state index is 11.9.